The van der Waals surface area contributed by atoms with Crippen LogP contribution in [0.3, 0.4) is 0 Å². The largest absolute Gasteiger partial charge is 0.354 e. The van der Waals surface area contributed by atoms with Gasteiger partial charge in [-0.1, -0.05) is 72.8 Å². The monoisotopic (exact) mass is 1030 g/mol. The van der Waals surface area contributed by atoms with Crippen LogP contribution in [0.25, 0.3) is 90.9 Å². The van der Waals surface area contributed by atoms with E-state index in [0.29, 0.717) is 0 Å². The van der Waals surface area contributed by atoms with Crippen LogP contribution in [0.1, 0.15) is 22.8 Å². The molecule has 0 aliphatic carbocycles. The first-order chi connectivity index (χ1) is 30.3. The number of aromatic nitrogens is 4. The molecule has 0 saturated heterocycles. The normalized spacial score (nSPS) is 12.3. The number of fused-ring (bicyclic) bond motifs is 8. The van der Waals surface area contributed by atoms with Gasteiger partial charge in [0.05, 0.1) is 22.8 Å². The van der Waals surface area contributed by atoms with Gasteiger partial charge >= 0.3 is 0 Å². The molecule has 2 aliphatic heterocycles. The van der Waals surface area contributed by atoms with E-state index in [4.69, 9.17) is 9.97 Å². The molecule has 5 heterocycles. The maximum absolute atomic E-state index is 12.9. The number of rotatable bonds is 8. The first kappa shape index (κ1) is 56.0. The number of hydrogen-bond donors (Lipinski definition) is 6. The molecule has 7 aromatic rings. The number of hydrogen-bond acceptors (Lipinski definition) is 10. The minimum atomic E-state index is -4.89. The molecular weight excluding hydrogens is 997 g/mol. The molecule has 68 heavy (non-hydrogen) atoms. The quantitative estimate of drug-likeness (QED) is 0.0676. The zero-order valence-corrected chi connectivity index (χ0v) is 47.7. The van der Waals surface area contributed by atoms with Crippen LogP contribution < -0.4 is 0 Å². The van der Waals surface area contributed by atoms with Crippen molar-refractivity contribution in [1.29, 1.82) is 0 Å². The van der Waals surface area contributed by atoms with Crippen molar-refractivity contribution in [2.24, 2.45) is 0 Å². The van der Waals surface area contributed by atoms with E-state index >= 15 is 0 Å². The minimum Gasteiger partial charge on any atom is -0.354 e. The molecule has 6 N–H and O–H groups in total. The molecule has 3 aromatic heterocycles. The molecule has 326 valence electrons. The number of nitrogens with one attached hydrogen (secondary N) is 2. The fourth-order valence-corrected chi connectivity index (χ4v) is 10.7. The smallest absolute Gasteiger partial charge is 0.295 e. The summed E-state index contributed by atoms with van der Waals surface area (Å²) in [7, 11) is -19.5. The van der Waals surface area contributed by atoms with Crippen LogP contribution in [0.2, 0.25) is 0 Å². The SMILES string of the molecule is O=S(=O)(O)c1ccccc1-c1c2nc(c(-c3ccccc3S(=O)(=O)O)c3ccc([nH]3)c(-c3ccccc3S(=O)(=O)O)c3nc(c(-c4ccccc4S(=O)(=O)O)c4ccc1[nH]4)C=C3)C=C2.[Na].[Na].[Na].[Na]. The molecule has 0 atom stereocenters. The Morgan fingerprint density at radius 2 is 0.500 bits per heavy atom. The third-order valence-corrected chi connectivity index (χ3v) is 14.1. The van der Waals surface area contributed by atoms with Gasteiger partial charge in [0.1, 0.15) is 19.6 Å². The Morgan fingerprint density at radius 1 is 0.309 bits per heavy atom. The van der Waals surface area contributed by atoms with E-state index in [1.165, 1.54) is 121 Å². The molecule has 0 spiro atoms. The molecule has 2 aliphatic rings. The van der Waals surface area contributed by atoms with Gasteiger partial charge in [-0.25, -0.2) is 9.97 Å². The van der Waals surface area contributed by atoms with Crippen LogP contribution in [-0.4, -0.2) is 190 Å². The number of nitrogens with zero attached hydrogens (tertiary/aromatic N) is 2. The molecule has 24 heteroatoms. The zero-order valence-electron chi connectivity index (χ0n) is 36.4. The Bertz CT molecular complexity index is 3390. The van der Waals surface area contributed by atoms with Crippen molar-refractivity contribution in [1.82, 2.24) is 19.9 Å². The Labute approximate surface area is 478 Å². The summed E-state index contributed by atoms with van der Waals surface area (Å²) >= 11 is 0. The minimum absolute atomic E-state index is 0. The number of H-pyrrole nitrogens is 2. The molecule has 0 fully saturated rings. The predicted molar refractivity (Wildman–Crippen MR) is 263 cm³/mol. The predicted octanol–water partition coefficient (Wildman–Crippen LogP) is 6.79. The fraction of sp³-hybridized carbons (Fsp3) is 0. The zero-order chi connectivity index (χ0) is 45.3. The van der Waals surface area contributed by atoms with Crippen LogP contribution in [0, 0.1) is 0 Å². The van der Waals surface area contributed by atoms with Gasteiger partial charge in [0, 0.05) is 185 Å². The van der Waals surface area contributed by atoms with Gasteiger partial charge in [0.25, 0.3) is 40.5 Å². The van der Waals surface area contributed by atoms with E-state index in [-0.39, 0.29) is 208 Å². The second-order valence-electron chi connectivity index (χ2n) is 14.4. The van der Waals surface area contributed by atoms with Crippen LogP contribution in [0.4, 0.5) is 0 Å². The molecular formula is C44H30N4Na4O12S4. The summed E-state index contributed by atoms with van der Waals surface area (Å²) in [5, 5.41) is 0. The number of benzene rings is 4. The van der Waals surface area contributed by atoms with Gasteiger partial charge in [-0.3, -0.25) is 18.2 Å². The maximum Gasteiger partial charge on any atom is 0.295 e. The summed E-state index contributed by atoms with van der Waals surface area (Å²) in [5.74, 6) is 0. The van der Waals surface area contributed by atoms with Crippen molar-refractivity contribution in [3.05, 3.63) is 144 Å². The first-order valence-corrected chi connectivity index (χ1v) is 24.5. The van der Waals surface area contributed by atoms with Gasteiger partial charge in [0.15, 0.2) is 0 Å². The third kappa shape index (κ3) is 11.0. The fourth-order valence-electron chi connectivity index (χ4n) is 7.93. The van der Waals surface area contributed by atoms with E-state index in [0.717, 1.165) is 0 Å². The van der Waals surface area contributed by atoms with Crippen LogP contribution in [0.5, 0.6) is 0 Å². The van der Waals surface area contributed by atoms with Crippen molar-refractivity contribution in [2.75, 3.05) is 0 Å². The Kier molecular flexibility index (Phi) is 17.7. The van der Waals surface area contributed by atoms with Gasteiger partial charge < -0.3 is 9.97 Å². The summed E-state index contributed by atoms with van der Waals surface area (Å²) in [6.07, 6.45) is 6.08. The third-order valence-electron chi connectivity index (χ3n) is 10.5. The van der Waals surface area contributed by atoms with Crippen LogP contribution in [0.15, 0.2) is 141 Å². The average Bonchev–Trinajstić information content (AvgIpc) is 4.08. The van der Waals surface area contributed by atoms with Gasteiger partial charge in [0.2, 0.25) is 0 Å². The Hall–Kier alpha value is -2.88. The Morgan fingerprint density at radius 3 is 0.691 bits per heavy atom. The molecule has 4 aromatic carbocycles. The summed E-state index contributed by atoms with van der Waals surface area (Å²) < 4.78 is 145. The topological polar surface area (TPSA) is 275 Å². The van der Waals surface area contributed by atoms with Crippen LogP contribution >= 0.6 is 0 Å². The summed E-state index contributed by atoms with van der Waals surface area (Å²) in [6.45, 7) is 0. The summed E-state index contributed by atoms with van der Waals surface area (Å²) in [4.78, 5) is 14.3. The molecule has 8 bridgehead atoms. The van der Waals surface area contributed by atoms with Crippen molar-refractivity contribution < 1.29 is 51.9 Å². The summed E-state index contributed by atoms with van der Waals surface area (Å²) in [5.41, 5.74) is 1.54. The second-order valence-corrected chi connectivity index (χ2v) is 19.9. The van der Waals surface area contributed by atoms with Gasteiger partial charge in [-0.15, -0.1) is 0 Å². The van der Waals surface area contributed by atoms with E-state index < -0.39 is 60.1 Å². The van der Waals surface area contributed by atoms with Crippen molar-refractivity contribution in [3.8, 4) is 44.5 Å². The molecule has 0 unspecified atom stereocenters. The van der Waals surface area contributed by atoms with E-state index in [1.807, 2.05) is 0 Å². The average molecular weight is 1030 g/mol. The van der Waals surface area contributed by atoms with Crippen molar-refractivity contribution in [3.63, 3.8) is 0 Å². The van der Waals surface area contributed by atoms with E-state index in [9.17, 15) is 51.9 Å². The van der Waals surface area contributed by atoms with Crippen LogP contribution in [-0.2, 0) is 40.5 Å². The second kappa shape index (κ2) is 21.5. The van der Waals surface area contributed by atoms with E-state index in [2.05, 4.69) is 9.97 Å². The molecule has 16 nitrogen and oxygen atoms in total. The first-order valence-electron chi connectivity index (χ1n) is 18.7. The molecule has 9 rings (SSSR count). The molecule has 4 radical (unpaired) electrons. The Balaban J connectivity index is 0.00000216. The van der Waals surface area contributed by atoms with Gasteiger partial charge in [-0.2, -0.15) is 33.7 Å². The summed E-state index contributed by atoms with van der Waals surface area (Å²) in [6, 6.07) is 28.5. The number of aromatic amines is 2. The van der Waals surface area contributed by atoms with Gasteiger partial charge in [-0.05, 0) is 72.8 Å². The maximum atomic E-state index is 12.9. The van der Waals surface area contributed by atoms with E-state index in [1.54, 1.807) is 24.3 Å². The standard InChI is InChI=1S/C44H30N4O12S4.4Na/c49-61(50,51)37-13-5-1-9-25(37)41-29-17-19-31(45-29)42(26-10-2-6-14-38(26)62(52,53)54)33-21-23-35(47-33)44(28-12-4-8-16-40(28)64(58,59)60)36-24-22-34(48-36)43(32-20-18-30(41)46-32)27-11-3-7-15-39(27)63(55,56)57;;;;/h1-24,45,48H,(H,49,50,51)(H,52,53,54)(H,55,56,57)(H,58,59,60);;;;. The molecule has 0 saturated carbocycles. The molecule has 0 amide bonds. The van der Waals surface area contributed by atoms with Crippen molar-refractivity contribution in [2.45, 2.75) is 19.6 Å². The van der Waals surface area contributed by atoms with Crippen molar-refractivity contribution >= 4 is 205 Å².